The van der Waals surface area contributed by atoms with E-state index in [2.05, 4.69) is 24.3 Å². The van der Waals surface area contributed by atoms with Gasteiger partial charge >= 0.3 is 0 Å². The summed E-state index contributed by atoms with van der Waals surface area (Å²) in [5.74, 6) is 1.06. The first-order valence-electron chi connectivity index (χ1n) is 10.9. The highest BCUT2D eigenvalue weighted by Gasteiger charge is 2.54. The normalized spacial score (nSPS) is 37.0. The lowest BCUT2D eigenvalue weighted by Crippen LogP contribution is -2.65. The SMILES string of the molecule is O[C@@](CO[C@H]1C[N+]2(C3CC3)CCC1CC2)(c1ccccc1)C1CCCC1. The van der Waals surface area contributed by atoms with Crippen LogP contribution in [0.2, 0.25) is 0 Å². The first-order chi connectivity index (χ1) is 12.7. The first kappa shape index (κ1) is 17.2. The van der Waals surface area contributed by atoms with E-state index in [0.717, 1.165) is 30.4 Å². The molecule has 2 bridgehead atoms. The third kappa shape index (κ3) is 2.93. The molecule has 3 heterocycles. The van der Waals surface area contributed by atoms with E-state index in [1.165, 1.54) is 62.6 Å². The molecule has 3 nitrogen and oxygen atoms in total. The van der Waals surface area contributed by atoms with Gasteiger partial charge in [0.05, 0.1) is 25.7 Å². The van der Waals surface area contributed by atoms with E-state index in [4.69, 9.17) is 4.74 Å². The van der Waals surface area contributed by atoms with E-state index in [0.29, 0.717) is 18.6 Å². The van der Waals surface area contributed by atoms with Gasteiger partial charge in [0.15, 0.2) is 0 Å². The summed E-state index contributed by atoms with van der Waals surface area (Å²) in [5, 5.41) is 11.7. The fraction of sp³-hybridized carbons (Fsp3) is 0.739. The largest absolute Gasteiger partial charge is 0.382 e. The standard InChI is InChI=1S/C23H34NO2/c25-23(20-8-4-5-9-20,19-6-2-1-3-7-19)17-26-22-16-24(21-10-11-21)14-12-18(22)13-15-24/h1-3,6-7,18,20-22,25H,4-5,8-17H2/q+1/t18?,22-,23-,24?/m0/s1. The Hall–Kier alpha value is -0.900. The Morgan fingerprint density at radius 1 is 0.962 bits per heavy atom. The van der Waals surface area contributed by atoms with Crippen LogP contribution < -0.4 is 0 Å². The van der Waals surface area contributed by atoms with Crippen LogP contribution in [-0.2, 0) is 10.3 Å². The Kier molecular flexibility index (Phi) is 4.38. The van der Waals surface area contributed by atoms with Gasteiger partial charge in [-0.2, -0.15) is 0 Å². The van der Waals surface area contributed by atoms with Crippen molar-refractivity contribution in [3.05, 3.63) is 35.9 Å². The molecular weight excluding hydrogens is 322 g/mol. The maximum atomic E-state index is 11.7. The molecular formula is C23H34NO2+. The van der Waals surface area contributed by atoms with Crippen LogP contribution in [0.3, 0.4) is 0 Å². The average Bonchev–Trinajstić information content (AvgIpc) is 3.43. The third-order valence-electron chi connectivity index (χ3n) is 8.10. The fourth-order valence-electron chi connectivity index (χ4n) is 6.29. The summed E-state index contributed by atoms with van der Waals surface area (Å²) in [6.45, 7) is 4.43. The van der Waals surface area contributed by atoms with Crippen molar-refractivity contribution in [2.45, 2.75) is 69.1 Å². The number of aliphatic hydroxyl groups is 1. The highest BCUT2D eigenvalue weighted by molar-refractivity contribution is 5.24. The van der Waals surface area contributed by atoms with Gasteiger partial charge in [0.25, 0.3) is 0 Å². The van der Waals surface area contributed by atoms with E-state index in [1.54, 1.807) is 0 Å². The van der Waals surface area contributed by atoms with Crippen LogP contribution in [0, 0.1) is 11.8 Å². The molecule has 142 valence electrons. The molecule has 3 saturated heterocycles. The number of rotatable bonds is 6. The minimum atomic E-state index is -0.811. The van der Waals surface area contributed by atoms with Gasteiger partial charge in [-0.15, -0.1) is 0 Å². The molecule has 1 N–H and O–H groups in total. The van der Waals surface area contributed by atoms with Gasteiger partial charge in [-0.05, 0) is 24.3 Å². The molecule has 0 radical (unpaired) electrons. The van der Waals surface area contributed by atoms with Gasteiger partial charge < -0.3 is 14.3 Å². The molecule has 6 rings (SSSR count). The molecule has 5 aliphatic rings. The Labute approximate surface area is 157 Å². The maximum Gasteiger partial charge on any atom is 0.116 e. The number of hydrogen-bond acceptors (Lipinski definition) is 2. The van der Waals surface area contributed by atoms with E-state index >= 15 is 0 Å². The van der Waals surface area contributed by atoms with Crippen molar-refractivity contribution in [3.8, 4) is 0 Å². The van der Waals surface area contributed by atoms with Crippen LogP contribution in [-0.4, -0.2) is 48.0 Å². The summed E-state index contributed by atoms with van der Waals surface area (Å²) < 4.78 is 7.91. The van der Waals surface area contributed by atoms with Crippen molar-refractivity contribution in [3.63, 3.8) is 0 Å². The number of piperidine rings is 3. The molecule has 5 fully saturated rings. The molecule has 3 aliphatic heterocycles. The molecule has 1 aromatic rings. The summed E-state index contributed by atoms with van der Waals surface area (Å²) in [6.07, 6.45) is 10.6. The topological polar surface area (TPSA) is 29.5 Å². The van der Waals surface area contributed by atoms with E-state index in [-0.39, 0.29) is 0 Å². The quantitative estimate of drug-likeness (QED) is 0.785. The average molecular weight is 357 g/mol. The Morgan fingerprint density at radius 3 is 2.31 bits per heavy atom. The van der Waals surface area contributed by atoms with E-state index in [9.17, 15) is 5.11 Å². The van der Waals surface area contributed by atoms with Crippen LogP contribution in [0.1, 0.15) is 56.9 Å². The second-order valence-electron chi connectivity index (χ2n) is 9.54. The van der Waals surface area contributed by atoms with Crippen molar-refractivity contribution < 1.29 is 14.3 Å². The summed E-state index contributed by atoms with van der Waals surface area (Å²) in [5.41, 5.74) is 0.244. The number of ether oxygens (including phenoxy) is 1. The van der Waals surface area contributed by atoms with Crippen LogP contribution >= 0.6 is 0 Å². The zero-order valence-electron chi connectivity index (χ0n) is 16.0. The van der Waals surface area contributed by atoms with Crippen molar-refractivity contribution >= 4 is 0 Å². The minimum Gasteiger partial charge on any atom is -0.382 e. The molecule has 0 spiro atoms. The zero-order valence-corrected chi connectivity index (χ0v) is 16.0. The zero-order chi connectivity index (χ0) is 17.6. The fourth-order valence-corrected chi connectivity index (χ4v) is 6.29. The molecule has 2 saturated carbocycles. The Morgan fingerprint density at radius 2 is 1.65 bits per heavy atom. The van der Waals surface area contributed by atoms with Gasteiger partial charge in [0.1, 0.15) is 18.2 Å². The number of hydrogen-bond donors (Lipinski definition) is 1. The second-order valence-corrected chi connectivity index (χ2v) is 9.54. The smallest absolute Gasteiger partial charge is 0.116 e. The van der Waals surface area contributed by atoms with Crippen LogP contribution in [0.5, 0.6) is 0 Å². The molecule has 26 heavy (non-hydrogen) atoms. The summed E-state index contributed by atoms with van der Waals surface area (Å²) >= 11 is 0. The molecule has 0 amide bonds. The molecule has 2 aliphatic carbocycles. The minimum absolute atomic E-state index is 0.345. The van der Waals surface area contributed by atoms with Crippen molar-refractivity contribution in [1.29, 1.82) is 0 Å². The third-order valence-corrected chi connectivity index (χ3v) is 8.10. The van der Waals surface area contributed by atoms with Crippen molar-refractivity contribution in [2.75, 3.05) is 26.2 Å². The van der Waals surface area contributed by atoms with E-state index in [1.807, 2.05) is 6.07 Å². The first-order valence-corrected chi connectivity index (χ1v) is 10.9. The maximum absolute atomic E-state index is 11.7. The van der Waals surface area contributed by atoms with Crippen molar-refractivity contribution in [1.82, 2.24) is 0 Å². The summed E-state index contributed by atoms with van der Waals surface area (Å²) in [7, 11) is 0. The lowest BCUT2D eigenvalue weighted by atomic mass is 9.80. The summed E-state index contributed by atoms with van der Waals surface area (Å²) in [6, 6.07) is 11.3. The number of fused-ring (bicyclic) bond motifs is 3. The van der Waals surface area contributed by atoms with Crippen LogP contribution in [0.25, 0.3) is 0 Å². The van der Waals surface area contributed by atoms with Gasteiger partial charge in [0.2, 0.25) is 0 Å². The van der Waals surface area contributed by atoms with Crippen LogP contribution in [0.15, 0.2) is 30.3 Å². The highest BCUT2D eigenvalue weighted by Crippen LogP contribution is 2.46. The lowest BCUT2D eigenvalue weighted by Gasteiger charge is -2.53. The van der Waals surface area contributed by atoms with Gasteiger partial charge in [-0.3, -0.25) is 0 Å². The summed E-state index contributed by atoms with van der Waals surface area (Å²) in [4.78, 5) is 0. The van der Waals surface area contributed by atoms with E-state index < -0.39 is 5.60 Å². The monoisotopic (exact) mass is 356 g/mol. The van der Waals surface area contributed by atoms with Crippen LogP contribution in [0.4, 0.5) is 0 Å². The molecule has 0 aromatic heterocycles. The predicted molar refractivity (Wildman–Crippen MR) is 103 cm³/mol. The number of quaternary nitrogens is 1. The Balaban J connectivity index is 1.33. The van der Waals surface area contributed by atoms with Gasteiger partial charge in [0, 0.05) is 31.6 Å². The molecule has 3 heteroatoms. The predicted octanol–water partition coefficient (Wildman–Crippen LogP) is 3.85. The number of nitrogens with zero attached hydrogens (tertiary/aromatic N) is 1. The molecule has 0 unspecified atom stereocenters. The van der Waals surface area contributed by atoms with Gasteiger partial charge in [-0.25, -0.2) is 0 Å². The molecule has 1 aromatic carbocycles. The second kappa shape index (κ2) is 6.61. The molecule has 2 atom stereocenters. The number of benzene rings is 1. The lowest BCUT2D eigenvalue weighted by molar-refractivity contribution is -0.956. The van der Waals surface area contributed by atoms with Gasteiger partial charge in [-0.1, -0.05) is 43.2 Å². The highest BCUT2D eigenvalue weighted by atomic mass is 16.5. The Bertz CT molecular complexity index is 614. The van der Waals surface area contributed by atoms with Crippen molar-refractivity contribution in [2.24, 2.45) is 11.8 Å².